The molecule has 2 N–H and O–H groups in total. The summed E-state index contributed by atoms with van der Waals surface area (Å²) in [4.78, 5) is 0. The average Bonchev–Trinajstić information content (AvgIpc) is 2.86. The van der Waals surface area contributed by atoms with E-state index in [1.165, 1.54) is 0 Å². The van der Waals surface area contributed by atoms with Crippen LogP contribution < -0.4 is 15.2 Å². The first-order chi connectivity index (χ1) is 9.31. The standard InChI is InChI=1S/C13H14N2O4/c1-16-7-10-8(9-6-15-19-13(9)14)2-3-11-12(10)18-5-4-17-11/h2-3,6H,4-5,7,14H2,1H3. The normalized spacial score (nSPS) is 13.5. The van der Waals surface area contributed by atoms with Crippen LogP contribution in [0.4, 0.5) is 5.88 Å². The highest BCUT2D eigenvalue weighted by Crippen LogP contribution is 2.41. The van der Waals surface area contributed by atoms with Crippen molar-refractivity contribution in [2.45, 2.75) is 6.61 Å². The fraction of sp³-hybridized carbons (Fsp3) is 0.308. The van der Waals surface area contributed by atoms with Gasteiger partial charge in [-0.05, 0) is 17.7 Å². The van der Waals surface area contributed by atoms with Crippen LogP contribution in [-0.2, 0) is 11.3 Å². The van der Waals surface area contributed by atoms with Gasteiger partial charge in [0, 0.05) is 12.7 Å². The number of hydrogen-bond donors (Lipinski definition) is 1. The van der Waals surface area contributed by atoms with Crippen LogP contribution in [0.2, 0.25) is 0 Å². The van der Waals surface area contributed by atoms with E-state index < -0.39 is 0 Å². The van der Waals surface area contributed by atoms with Crippen molar-refractivity contribution >= 4 is 5.88 Å². The van der Waals surface area contributed by atoms with E-state index in [2.05, 4.69) is 5.16 Å². The van der Waals surface area contributed by atoms with Crippen molar-refractivity contribution in [1.29, 1.82) is 0 Å². The van der Waals surface area contributed by atoms with E-state index in [9.17, 15) is 0 Å². The maximum Gasteiger partial charge on any atom is 0.229 e. The van der Waals surface area contributed by atoms with Crippen molar-refractivity contribution in [2.75, 3.05) is 26.1 Å². The summed E-state index contributed by atoms with van der Waals surface area (Å²) in [5, 5.41) is 3.70. The molecule has 1 aromatic carbocycles. The van der Waals surface area contributed by atoms with Gasteiger partial charge < -0.3 is 24.5 Å². The number of nitrogen functional groups attached to an aromatic ring is 1. The summed E-state index contributed by atoms with van der Waals surface area (Å²) in [5.41, 5.74) is 8.26. The molecular formula is C13H14N2O4. The molecule has 0 radical (unpaired) electrons. The Kier molecular flexibility index (Phi) is 3.00. The zero-order valence-electron chi connectivity index (χ0n) is 10.5. The third kappa shape index (κ3) is 2.00. The Morgan fingerprint density at radius 3 is 2.84 bits per heavy atom. The summed E-state index contributed by atoms with van der Waals surface area (Å²) in [6, 6.07) is 3.76. The number of fused-ring (bicyclic) bond motifs is 1. The molecule has 1 aromatic heterocycles. The van der Waals surface area contributed by atoms with E-state index in [0.717, 1.165) is 22.4 Å². The highest BCUT2D eigenvalue weighted by Gasteiger charge is 2.22. The van der Waals surface area contributed by atoms with Crippen LogP contribution in [0.15, 0.2) is 22.9 Å². The molecule has 0 bridgehead atoms. The Morgan fingerprint density at radius 1 is 1.26 bits per heavy atom. The zero-order valence-corrected chi connectivity index (χ0v) is 10.5. The fourth-order valence-electron chi connectivity index (χ4n) is 2.16. The lowest BCUT2D eigenvalue weighted by molar-refractivity contribution is 0.153. The summed E-state index contributed by atoms with van der Waals surface area (Å²) < 4.78 is 21.4. The summed E-state index contributed by atoms with van der Waals surface area (Å²) in [6.45, 7) is 1.47. The number of nitrogens with zero attached hydrogens (tertiary/aromatic N) is 1. The monoisotopic (exact) mass is 262 g/mol. The third-order valence-corrected chi connectivity index (χ3v) is 2.99. The second-order valence-electron chi connectivity index (χ2n) is 4.15. The number of benzene rings is 1. The van der Waals surface area contributed by atoms with Gasteiger partial charge in [-0.2, -0.15) is 0 Å². The van der Waals surface area contributed by atoms with Crippen LogP contribution >= 0.6 is 0 Å². The highest BCUT2D eigenvalue weighted by molar-refractivity contribution is 5.78. The molecular weight excluding hydrogens is 248 g/mol. The number of methoxy groups -OCH3 is 1. The Balaban J connectivity index is 2.16. The van der Waals surface area contributed by atoms with E-state index in [0.29, 0.717) is 25.6 Å². The minimum absolute atomic E-state index is 0.272. The third-order valence-electron chi connectivity index (χ3n) is 2.99. The molecule has 0 amide bonds. The van der Waals surface area contributed by atoms with Crippen LogP contribution in [0.3, 0.4) is 0 Å². The first-order valence-corrected chi connectivity index (χ1v) is 5.92. The van der Waals surface area contributed by atoms with E-state index in [1.54, 1.807) is 13.3 Å². The molecule has 0 aliphatic carbocycles. The number of rotatable bonds is 3. The largest absolute Gasteiger partial charge is 0.486 e. The van der Waals surface area contributed by atoms with E-state index in [1.807, 2.05) is 12.1 Å². The Hall–Kier alpha value is -2.21. The van der Waals surface area contributed by atoms with Gasteiger partial charge in [0.25, 0.3) is 0 Å². The molecule has 6 heteroatoms. The lowest BCUT2D eigenvalue weighted by Gasteiger charge is -2.22. The lowest BCUT2D eigenvalue weighted by Crippen LogP contribution is -2.17. The maximum atomic E-state index is 5.77. The van der Waals surface area contributed by atoms with Crippen LogP contribution in [0.5, 0.6) is 11.5 Å². The number of nitrogens with two attached hydrogens (primary N) is 1. The highest BCUT2D eigenvalue weighted by atomic mass is 16.6. The molecule has 100 valence electrons. The number of anilines is 1. The predicted octanol–water partition coefficient (Wildman–Crippen LogP) is 1.84. The van der Waals surface area contributed by atoms with Crippen LogP contribution in [0, 0.1) is 0 Å². The average molecular weight is 262 g/mol. The summed E-state index contributed by atoms with van der Waals surface area (Å²) >= 11 is 0. The Bertz CT molecular complexity index is 594. The van der Waals surface area contributed by atoms with Crippen molar-refractivity contribution in [3.63, 3.8) is 0 Å². The molecule has 0 spiro atoms. The molecule has 0 fully saturated rings. The van der Waals surface area contributed by atoms with Crippen LogP contribution in [-0.4, -0.2) is 25.5 Å². The Morgan fingerprint density at radius 2 is 2.11 bits per heavy atom. The number of ether oxygens (including phenoxy) is 3. The molecule has 1 aliphatic heterocycles. The fourth-order valence-corrected chi connectivity index (χ4v) is 2.16. The minimum atomic E-state index is 0.272. The van der Waals surface area contributed by atoms with E-state index in [-0.39, 0.29) is 5.88 Å². The first kappa shape index (κ1) is 11.9. The smallest absolute Gasteiger partial charge is 0.229 e. The summed E-state index contributed by atoms with van der Waals surface area (Å²) in [5.74, 6) is 1.69. The lowest BCUT2D eigenvalue weighted by atomic mass is 10.0. The first-order valence-electron chi connectivity index (χ1n) is 5.92. The quantitative estimate of drug-likeness (QED) is 0.909. The molecule has 3 rings (SSSR count). The molecule has 2 heterocycles. The van der Waals surface area contributed by atoms with Gasteiger partial charge in [-0.25, -0.2) is 0 Å². The van der Waals surface area contributed by atoms with Crippen LogP contribution in [0.1, 0.15) is 5.56 Å². The molecule has 6 nitrogen and oxygen atoms in total. The topological polar surface area (TPSA) is 79.7 Å². The second kappa shape index (κ2) is 4.81. The number of aromatic nitrogens is 1. The van der Waals surface area contributed by atoms with Gasteiger partial charge in [0.1, 0.15) is 13.2 Å². The van der Waals surface area contributed by atoms with Gasteiger partial charge in [-0.15, -0.1) is 0 Å². The SMILES string of the molecule is COCc1c(-c2cnoc2N)ccc2c1OCCO2. The zero-order chi connectivity index (χ0) is 13.2. The molecule has 0 saturated heterocycles. The van der Waals surface area contributed by atoms with E-state index >= 15 is 0 Å². The molecule has 0 saturated carbocycles. The van der Waals surface area contributed by atoms with Gasteiger partial charge in [-0.1, -0.05) is 5.16 Å². The van der Waals surface area contributed by atoms with Gasteiger partial charge >= 0.3 is 0 Å². The summed E-state index contributed by atoms with van der Waals surface area (Å²) in [7, 11) is 1.63. The molecule has 19 heavy (non-hydrogen) atoms. The van der Waals surface area contributed by atoms with Gasteiger partial charge in [0.2, 0.25) is 5.88 Å². The van der Waals surface area contributed by atoms with E-state index in [4.69, 9.17) is 24.5 Å². The van der Waals surface area contributed by atoms with Crippen molar-refractivity contribution in [3.05, 3.63) is 23.9 Å². The van der Waals surface area contributed by atoms with Gasteiger partial charge in [0.05, 0.1) is 18.4 Å². The molecule has 1 aliphatic rings. The number of hydrogen-bond acceptors (Lipinski definition) is 6. The van der Waals surface area contributed by atoms with Crippen molar-refractivity contribution < 1.29 is 18.7 Å². The molecule has 0 atom stereocenters. The van der Waals surface area contributed by atoms with Crippen molar-refractivity contribution in [2.24, 2.45) is 0 Å². The summed E-state index contributed by atoms with van der Waals surface area (Å²) in [6.07, 6.45) is 1.58. The van der Waals surface area contributed by atoms with Crippen LogP contribution in [0.25, 0.3) is 11.1 Å². The van der Waals surface area contributed by atoms with Gasteiger partial charge in [0.15, 0.2) is 11.5 Å². The maximum absolute atomic E-state index is 5.77. The molecule has 2 aromatic rings. The van der Waals surface area contributed by atoms with Crippen molar-refractivity contribution in [1.82, 2.24) is 5.16 Å². The minimum Gasteiger partial charge on any atom is -0.486 e. The molecule has 0 unspecified atom stereocenters. The Labute approximate surface area is 110 Å². The van der Waals surface area contributed by atoms with Crippen molar-refractivity contribution in [3.8, 4) is 22.6 Å². The second-order valence-corrected chi connectivity index (χ2v) is 4.15. The van der Waals surface area contributed by atoms with Gasteiger partial charge in [-0.3, -0.25) is 0 Å². The predicted molar refractivity (Wildman–Crippen MR) is 68.1 cm³/mol.